The van der Waals surface area contributed by atoms with Crippen LogP contribution in [0.15, 0.2) is 54.6 Å². The van der Waals surface area contributed by atoms with Gasteiger partial charge in [0.15, 0.2) is 0 Å². The summed E-state index contributed by atoms with van der Waals surface area (Å²) in [6, 6.07) is 20.0. The van der Waals surface area contributed by atoms with Gasteiger partial charge in [0, 0.05) is 31.2 Å². The maximum Gasteiger partial charge on any atom is 0.0406 e. The summed E-state index contributed by atoms with van der Waals surface area (Å²) in [6.45, 7) is 6.06. The summed E-state index contributed by atoms with van der Waals surface area (Å²) in [5, 5.41) is 0. The first-order valence-electron chi connectivity index (χ1n) is 9.03. The Balaban J connectivity index is 1.50. The monoisotopic (exact) mass is 306 g/mol. The zero-order valence-corrected chi connectivity index (χ0v) is 13.8. The molecule has 0 radical (unpaired) electrons. The maximum absolute atomic E-state index is 2.64. The van der Waals surface area contributed by atoms with E-state index in [1.165, 1.54) is 55.7 Å². The number of likely N-dealkylation sites (tertiary alicyclic amines) is 1. The van der Waals surface area contributed by atoms with Gasteiger partial charge in [0.1, 0.15) is 0 Å². The Hall–Kier alpha value is -1.80. The first-order valence-corrected chi connectivity index (χ1v) is 9.03. The highest BCUT2D eigenvalue weighted by molar-refractivity contribution is 5.62. The van der Waals surface area contributed by atoms with Crippen molar-refractivity contribution in [3.05, 3.63) is 65.7 Å². The predicted molar refractivity (Wildman–Crippen MR) is 97.2 cm³/mol. The fraction of sp³-hybridized carbons (Fsp3) is 0.429. The SMILES string of the molecule is c1ccc(C2CN(CCN3CCCCC3)c3ccccc32)cc1. The highest BCUT2D eigenvalue weighted by Gasteiger charge is 2.29. The molecule has 0 aliphatic carbocycles. The van der Waals surface area contributed by atoms with Gasteiger partial charge in [-0.05, 0) is 43.1 Å². The summed E-state index contributed by atoms with van der Waals surface area (Å²) in [5.41, 5.74) is 4.39. The van der Waals surface area contributed by atoms with Crippen LogP contribution in [0.25, 0.3) is 0 Å². The Morgan fingerprint density at radius 3 is 2.35 bits per heavy atom. The molecule has 2 aliphatic rings. The van der Waals surface area contributed by atoms with E-state index in [-0.39, 0.29) is 0 Å². The van der Waals surface area contributed by atoms with E-state index < -0.39 is 0 Å². The van der Waals surface area contributed by atoms with Crippen LogP contribution in [0.5, 0.6) is 0 Å². The van der Waals surface area contributed by atoms with E-state index in [2.05, 4.69) is 64.4 Å². The molecule has 0 amide bonds. The van der Waals surface area contributed by atoms with Gasteiger partial charge in [0.05, 0.1) is 0 Å². The van der Waals surface area contributed by atoms with Gasteiger partial charge in [-0.1, -0.05) is 55.0 Å². The second-order valence-corrected chi connectivity index (χ2v) is 6.87. The van der Waals surface area contributed by atoms with Crippen LogP contribution in [0, 0.1) is 0 Å². The quantitative estimate of drug-likeness (QED) is 0.838. The van der Waals surface area contributed by atoms with Crippen LogP contribution in [-0.4, -0.2) is 37.6 Å². The van der Waals surface area contributed by atoms with Crippen LogP contribution >= 0.6 is 0 Å². The molecule has 23 heavy (non-hydrogen) atoms. The molecule has 2 heteroatoms. The normalized spacial score (nSPS) is 21.4. The van der Waals surface area contributed by atoms with Crippen molar-refractivity contribution >= 4 is 5.69 Å². The van der Waals surface area contributed by atoms with Crippen molar-refractivity contribution in [2.75, 3.05) is 37.6 Å². The lowest BCUT2D eigenvalue weighted by molar-refractivity contribution is 0.233. The number of rotatable bonds is 4. The number of hydrogen-bond acceptors (Lipinski definition) is 2. The molecule has 2 heterocycles. The molecule has 2 aliphatic heterocycles. The van der Waals surface area contributed by atoms with Crippen LogP contribution in [0.3, 0.4) is 0 Å². The van der Waals surface area contributed by atoms with Gasteiger partial charge in [0.25, 0.3) is 0 Å². The van der Waals surface area contributed by atoms with Crippen molar-refractivity contribution in [1.82, 2.24) is 4.90 Å². The Labute approximate surface area is 139 Å². The number of para-hydroxylation sites is 1. The zero-order valence-electron chi connectivity index (χ0n) is 13.8. The van der Waals surface area contributed by atoms with Crippen molar-refractivity contribution < 1.29 is 0 Å². The molecular weight excluding hydrogens is 280 g/mol. The lowest BCUT2D eigenvalue weighted by Crippen LogP contribution is -2.37. The molecule has 0 N–H and O–H groups in total. The van der Waals surface area contributed by atoms with Gasteiger partial charge < -0.3 is 9.80 Å². The number of piperidine rings is 1. The van der Waals surface area contributed by atoms with E-state index in [4.69, 9.17) is 0 Å². The third-order valence-electron chi connectivity index (χ3n) is 5.39. The van der Waals surface area contributed by atoms with Crippen molar-refractivity contribution in [1.29, 1.82) is 0 Å². The number of benzene rings is 2. The molecule has 0 spiro atoms. The Kier molecular flexibility index (Phi) is 4.34. The van der Waals surface area contributed by atoms with E-state index >= 15 is 0 Å². The molecule has 1 atom stereocenters. The third-order valence-corrected chi connectivity index (χ3v) is 5.39. The van der Waals surface area contributed by atoms with E-state index in [1.54, 1.807) is 0 Å². The standard InChI is InChI=1S/C21H26N2/c1-3-9-18(10-4-1)20-17-23(21-12-6-5-11-19(20)21)16-15-22-13-7-2-8-14-22/h1,3-6,9-12,20H,2,7-8,13-17H2. The van der Waals surface area contributed by atoms with Crippen molar-refractivity contribution in [2.45, 2.75) is 25.2 Å². The molecule has 2 nitrogen and oxygen atoms in total. The van der Waals surface area contributed by atoms with Crippen LogP contribution in [0.4, 0.5) is 5.69 Å². The first-order chi connectivity index (χ1) is 11.4. The van der Waals surface area contributed by atoms with Crippen molar-refractivity contribution in [3.8, 4) is 0 Å². The van der Waals surface area contributed by atoms with Crippen LogP contribution in [-0.2, 0) is 0 Å². The number of fused-ring (bicyclic) bond motifs is 1. The summed E-state index contributed by atoms with van der Waals surface area (Å²) < 4.78 is 0. The van der Waals surface area contributed by atoms with E-state index in [0.717, 1.165) is 13.1 Å². The predicted octanol–water partition coefficient (Wildman–Crippen LogP) is 4.12. The number of hydrogen-bond donors (Lipinski definition) is 0. The topological polar surface area (TPSA) is 6.48 Å². The highest BCUT2D eigenvalue weighted by atomic mass is 15.2. The molecule has 0 saturated carbocycles. The summed E-state index contributed by atoms with van der Waals surface area (Å²) >= 11 is 0. The lowest BCUT2D eigenvalue weighted by atomic mass is 9.93. The molecule has 2 aromatic carbocycles. The molecule has 1 fully saturated rings. The van der Waals surface area contributed by atoms with Gasteiger partial charge in [-0.25, -0.2) is 0 Å². The van der Waals surface area contributed by atoms with Gasteiger partial charge >= 0.3 is 0 Å². The number of anilines is 1. The van der Waals surface area contributed by atoms with Crippen molar-refractivity contribution in [2.24, 2.45) is 0 Å². The minimum Gasteiger partial charge on any atom is -0.369 e. The molecule has 0 aromatic heterocycles. The largest absolute Gasteiger partial charge is 0.369 e. The van der Waals surface area contributed by atoms with Gasteiger partial charge in [0.2, 0.25) is 0 Å². The minimum absolute atomic E-state index is 0.522. The van der Waals surface area contributed by atoms with Crippen LogP contribution < -0.4 is 4.90 Å². The van der Waals surface area contributed by atoms with Gasteiger partial charge in [-0.3, -0.25) is 0 Å². The van der Waals surface area contributed by atoms with Crippen LogP contribution in [0.1, 0.15) is 36.3 Å². The second-order valence-electron chi connectivity index (χ2n) is 6.87. The second kappa shape index (κ2) is 6.76. The van der Waals surface area contributed by atoms with Gasteiger partial charge in [-0.15, -0.1) is 0 Å². The Morgan fingerprint density at radius 2 is 1.52 bits per heavy atom. The van der Waals surface area contributed by atoms with Crippen molar-refractivity contribution in [3.63, 3.8) is 0 Å². The zero-order chi connectivity index (χ0) is 15.5. The molecule has 4 rings (SSSR count). The Bertz CT molecular complexity index is 631. The van der Waals surface area contributed by atoms with Gasteiger partial charge in [-0.2, -0.15) is 0 Å². The molecular formula is C21H26N2. The van der Waals surface area contributed by atoms with E-state index in [1.807, 2.05) is 0 Å². The number of nitrogens with zero attached hydrogens (tertiary/aromatic N) is 2. The fourth-order valence-corrected chi connectivity index (χ4v) is 4.11. The fourth-order valence-electron chi connectivity index (χ4n) is 4.11. The first kappa shape index (κ1) is 14.8. The summed E-state index contributed by atoms with van der Waals surface area (Å²) in [5.74, 6) is 0.522. The average Bonchev–Trinajstić information content (AvgIpc) is 3.01. The molecule has 120 valence electrons. The molecule has 1 unspecified atom stereocenters. The Morgan fingerprint density at radius 1 is 0.783 bits per heavy atom. The minimum atomic E-state index is 0.522. The molecule has 1 saturated heterocycles. The third kappa shape index (κ3) is 3.13. The van der Waals surface area contributed by atoms with E-state index in [0.29, 0.717) is 5.92 Å². The average molecular weight is 306 g/mol. The summed E-state index contributed by atoms with van der Waals surface area (Å²) in [4.78, 5) is 5.24. The molecule has 0 bridgehead atoms. The maximum atomic E-state index is 2.64. The van der Waals surface area contributed by atoms with Crippen LogP contribution in [0.2, 0.25) is 0 Å². The highest BCUT2D eigenvalue weighted by Crippen LogP contribution is 2.39. The molecule has 2 aromatic rings. The summed E-state index contributed by atoms with van der Waals surface area (Å²) in [6.07, 6.45) is 4.17. The smallest absolute Gasteiger partial charge is 0.0406 e. The summed E-state index contributed by atoms with van der Waals surface area (Å²) in [7, 11) is 0. The van der Waals surface area contributed by atoms with E-state index in [9.17, 15) is 0 Å². The lowest BCUT2D eigenvalue weighted by Gasteiger charge is -2.29.